The molecular formula is C17H20N4O3. The van der Waals surface area contributed by atoms with Crippen LogP contribution in [0.4, 0.5) is 0 Å². The van der Waals surface area contributed by atoms with E-state index in [9.17, 15) is 14.7 Å². The Bertz CT molecular complexity index is 774. The quantitative estimate of drug-likeness (QED) is 0.712. The van der Waals surface area contributed by atoms with Crippen LogP contribution in [0.5, 0.6) is 5.75 Å². The van der Waals surface area contributed by atoms with Crippen LogP contribution in [0.25, 0.3) is 0 Å². The monoisotopic (exact) mass is 328 g/mol. The summed E-state index contributed by atoms with van der Waals surface area (Å²) in [5.41, 5.74) is -0.568. The van der Waals surface area contributed by atoms with E-state index in [1.807, 2.05) is 13.8 Å². The number of carbonyl (C=O) groups excluding carboxylic acids is 2. The average molecular weight is 328 g/mol. The molecule has 1 unspecified atom stereocenters. The van der Waals surface area contributed by atoms with Gasteiger partial charge in [-0.05, 0) is 25.8 Å². The van der Waals surface area contributed by atoms with Crippen LogP contribution in [-0.4, -0.2) is 39.8 Å². The molecule has 0 saturated heterocycles. The lowest BCUT2D eigenvalue weighted by molar-refractivity contribution is -0.124. The predicted octanol–water partition coefficient (Wildman–Crippen LogP) is 0.831. The highest BCUT2D eigenvalue weighted by atomic mass is 16.3. The van der Waals surface area contributed by atoms with Gasteiger partial charge in [0, 0.05) is 6.20 Å². The Labute approximate surface area is 140 Å². The van der Waals surface area contributed by atoms with Gasteiger partial charge in [0.15, 0.2) is 5.84 Å². The zero-order valence-corrected chi connectivity index (χ0v) is 14.1. The molecule has 2 amide bonds. The fraction of sp³-hybridized carbons (Fsp3) is 0.412. The number of amides is 2. The molecule has 0 saturated carbocycles. The van der Waals surface area contributed by atoms with E-state index < -0.39 is 11.4 Å². The Morgan fingerprint density at radius 1 is 1.50 bits per heavy atom. The molecule has 126 valence electrons. The second kappa shape index (κ2) is 6.71. The van der Waals surface area contributed by atoms with Gasteiger partial charge in [0.25, 0.3) is 11.8 Å². The van der Waals surface area contributed by atoms with Gasteiger partial charge in [0.05, 0.1) is 12.1 Å². The first-order valence-corrected chi connectivity index (χ1v) is 7.58. The SMILES string of the molecule is CC#CCNC(=O)c1cnc(C2=NC(C)(C(C)C)C(=O)N2)c(O)c1. The molecule has 0 radical (unpaired) electrons. The van der Waals surface area contributed by atoms with Crippen molar-refractivity contribution >= 4 is 17.6 Å². The molecule has 0 aromatic carbocycles. The van der Waals surface area contributed by atoms with Gasteiger partial charge in [0.2, 0.25) is 0 Å². The fourth-order valence-electron chi connectivity index (χ4n) is 2.12. The largest absolute Gasteiger partial charge is 0.506 e. The normalized spacial score (nSPS) is 19.4. The predicted molar refractivity (Wildman–Crippen MR) is 89.6 cm³/mol. The highest BCUT2D eigenvalue weighted by molar-refractivity contribution is 6.15. The number of hydrogen-bond acceptors (Lipinski definition) is 5. The van der Waals surface area contributed by atoms with Crippen LogP contribution in [0.15, 0.2) is 17.3 Å². The molecule has 1 atom stereocenters. The molecule has 1 aliphatic rings. The molecule has 7 nitrogen and oxygen atoms in total. The van der Waals surface area contributed by atoms with Crippen LogP contribution in [0.3, 0.4) is 0 Å². The molecule has 0 fully saturated rings. The minimum absolute atomic E-state index is 0.0122. The van der Waals surface area contributed by atoms with E-state index in [0.29, 0.717) is 0 Å². The second-order valence-electron chi connectivity index (χ2n) is 5.92. The molecular weight excluding hydrogens is 308 g/mol. The number of nitrogens with zero attached hydrogens (tertiary/aromatic N) is 2. The van der Waals surface area contributed by atoms with E-state index in [0.717, 1.165) is 0 Å². The van der Waals surface area contributed by atoms with Gasteiger partial charge in [0.1, 0.15) is 17.0 Å². The topological polar surface area (TPSA) is 104 Å². The maximum atomic E-state index is 12.1. The van der Waals surface area contributed by atoms with Crippen molar-refractivity contribution < 1.29 is 14.7 Å². The number of hydrogen-bond donors (Lipinski definition) is 3. The highest BCUT2D eigenvalue weighted by Crippen LogP contribution is 2.28. The second-order valence-corrected chi connectivity index (χ2v) is 5.92. The third-order valence-corrected chi connectivity index (χ3v) is 4.03. The van der Waals surface area contributed by atoms with Gasteiger partial charge in [-0.15, -0.1) is 5.92 Å². The number of aromatic nitrogens is 1. The van der Waals surface area contributed by atoms with E-state index >= 15 is 0 Å². The summed E-state index contributed by atoms with van der Waals surface area (Å²) in [5, 5.41) is 15.4. The smallest absolute Gasteiger partial charge is 0.253 e. The van der Waals surface area contributed by atoms with Crippen molar-refractivity contribution in [1.29, 1.82) is 0 Å². The Morgan fingerprint density at radius 3 is 2.75 bits per heavy atom. The third kappa shape index (κ3) is 3.23. The molecule has 0 bridgehead atoms. The van der Waals surface area contributed by atoms with Crippen molar-refractivity contribution in [2.45, 2.75) is 33.2 Å². The summed E-state index contributed by atoms with van der Waals surface area (Å²) in [5.74, 6) is 4.71. The number of aromatic hydroxyl groups is 1. The maximum absolute atomic E-state index is 12.1. The summed E-state index contributed by atoms with van der Waals surface area (Å²) in [4.78, 5) is 32.5. The van der Waals surface area contributed by atoms with Crippen LogP contribution in [0.1, 0.15) is 43.7 Å². The number of pyridine rings is 1. The van der Waals surface area contributed by atoms with Crippen molar-refractivity contribution in [2.24, 2.45) is 10.9 Å². The lowest BCUT2D eigenvalue weighted by Gasteiger charge is -2.21. The lowest BCUT2D eigenvalue weighted by Crippen LogP contribution is -2.41. The highest BCUT2D eigenvalue weighted by Gasteiger charge is 2.42. The standard InChI is InChI=1S/C17H20N4O3/c1-5-6-7-18-15(23)11-8-12(22)13(19-9-11)14-20-16(24)17(4,21-14)10(2)3/h8-10,22H,7H2,1-4H3,(H,18,23)(H,20,21,24). The lowest BCUT2D eigenvalue weighted by atomic mass is 9.89. The Morgan fingerprint density at radius 2 is 2.21 bits per heavy atom. The van der Waals surface area contributed by atoms with Crippen LogP contribution in [0, 0.1) is 17.8 Å². The summed E-state index contributed by atoms with van der Waals surface area (Å²) in [7, 11) is 0. The van der Waals surface area contributed by atoms with Crippen molar-refractivity contribution in [3.63, 3.8) is 0 Å². The maximum Gasteiger partial charge on any atom is 0.253 e. The van der Waals surface area contributed by atoms with E-state index in [1.54, 1.807) is 13.8 Å². The average Bonchev–Trinajstić information content (AvgIpc) is 2.84. The number of rotatable bonds is 4. The van der Waals surface area contributed by atoms with Gasteiger partial charge in [-0.2, -0.15) is 0 Å². The van der Waals surface area contributed by atoms with Gasteiger partial charge in [-0.1, -0.05) is 19.8 Å². The molecule has 2 heterocycles. The minimum Gasteiger partial charge on any atom is -0.506 e. The minimum atomic E-state index is -0.904. The first-order chi connectivity index (χ1) is 11.3. The van der Waals surface area contributed by atoms with Gasteiger partial charge in [-0.3, -0.25) is 9.59 Å². The zero-order valence-electron chi connectivity index (χ0n) is 14.1. The van der Waals surface area contributed by atoms with E-state index in [1.165, 1.54) is 12.3 Å². The van der Waals surface area contributed by atoms with E-state index in [-0.39, 0.29) is 41.2 Å². The van der Waals surface area contributed by atoms with E-state index in [2.05, 4.69) is 32.5 Å². The van der Waals surface area contributed by atoms with Crippen molar-refractivity contribution in [3.8, 4) is 17.6 Å². The first kappa shape index (κ1) is 17.5. The van der Waals surface area contributed by atoms with Gasteiger partial charge < -0.3 is 15.7 Å². The number of aliphatic imine (C=N–C) groups is 1. The molecule has 2 rings (SSSR count). The zero-order chi connectivity index (χ0) is 17.9. The van der Waals surface area contributed by atoms with Crippen molar-refractivity contribution in [3.05, 3.63) is 23.5 Å². The number of amidine groups is 1. The molecule has 24 heavy (non-hydrogen) atoms. The third-order valence-electron chi connectivity index (χ3n) is 4.03. The fourth-order valence-corrected chi connectivity index (χ4v) is 2.12. The van der Waals surface area contributed by atoms with Crippen molar-refractivity contribution in [2.75, 3.05) is 6.54 Å². The number of carbonyl (C=O) groups is 2. The summed E-state index contributed by atoms with van der Waals surface area (Å²) < 4.78 is 0. The molecule has 0 spiro atoms. The van der Waals surface area contributed by atoms with Crippen LogP contribution in [-0.2, 0) is 4.79 Å². The van der Waals surface area contributed by atoms with Gasteiger partial charge >= 0.3 is 0 Å². The Kier molecular flexibility index (Phi) is 4.88. The van der Waals surface area contributed by atoms with Gasteiger partial charge in [-0.25, -0.2) is 9.98 Å². The molecule has 0 aliphatic carbocycles. The Balaban J connectivity index is 2.26. The number of nitrogens with one attached hydrogen (secondary N) is 2. The molecule has 1 aromatic rings. The molecule has 1 aliphatic heterocycles. The molecule has 3 N–H and O–H groups in total. The van der Waals surface area contributed by atoms with Crippen LogP contribution < -0.4 is 10.6 Å². The summed E-state index contributed by atoms with van der Waals surface area (Å²) in [6.07, 6.45) is 1.32. The molecule has 1 aromatic heterocycles. The van der Waals surface area contributed by atoms with Crippen molar-refractivity contribution in [1.82, 2.24) is 15.6 Å². The summed E-state index contributed by atoms with van der Waals surface area (Å²) >= 11 is 0. The van der Waals surface area contributed by atoms with Crippen LogP contribution in [0.2, 0.25) is 0 Å². The first-order valence-electron chi connectivity index (χ1n) is 7.58. The Hall–Kier alpha value is -2.88. The summed E-state index contributed by atoms with van der Waals surface area (Å²) in [6, 6.07) is 1.29. The van der Waals surface area contributed by atoms with Crippen LogP contribution >= 0.6 is 0 Å². The summed E-state index contributed by atoms with van der Waals surface area (Å²) in [6.45, 7) is 7.41. The molecule has 7 heteroatoms. The van der Waals surface area contributed by atoms with E-state index in [4.69, 9.17) is 0 Å².